The molecule has 3 nitrogen and oxygen atoms in total. The van der Waals surface area contributed by atoms with Crippen molar-refractivity contribution in [3.05, 3.63) is 24.2 Å². The van der Waals surface area contributed by atoms with Gasteiger partial charge >= 0.3 is 7.12 Å². The molecule has 10 heavy (non-hydrogen) atoms. The molecular formula is C5H7BFNO2. The van der Waals surface area contributed by atoms with Crippen LogP contribution < -0.4 is 0 Å². The first-order valence-corrected chi connectivity index (χ1v) is 2.52. The fourth-order valence-electron chi connectivity index (χ4n) is 0.385. The van der Waals surface area contributed by atoms with Crippen LogP contribution in [0.4, 0.5) is 4.39 Å². The lowest BCUT2D eigenvalue weighted by atomic mass is 9.79. The Balaban J connectivity index is 4.33. The Morgan fingerprint density at radius 1 is 1.60 bits per heavy atom. The average Bonchev–Trinajstić information content (AvgIpc) is 1.81. The summed E-state index contributed by atoms with van der Waals surface area (Å²) in [6.07, 6.45) is 1.75. The molecule has 0 saturated heterocycles. The van der Waals surface area contributed by atoms with E-state index >= 15 is 0 Å². The first-order valence-electron chi connectivity index (χ1n) is 2.52. The third-order valence-electron chi connectivity index (χ3n) is 0.827. The molecule has 54 valence electrons. The summed E-state index contributed by atoms with van der Waals surface area (Å²) in [6.45, 7) is 3.18. The Morgan fingerprint density at radius 3 is 2.20 bits per heavy atom. The van der Waals surface area contributed by atoms with Gasteiger partial charge in [0.15, 0.2) is 0 Å². The van der Waals surface area contributed by atoms with Crippen molar-refractivity contribution >= 4 is 13.1 Å². The van der Waals surface area contributed by atoms with E-state index in [1.807, 2.05) is 0 Å². The first kappa shape index (κ1) is 9.06. The third kappa shape index (κ3) is 3.16. The lowest BCUT2D eigenvalue weighted by Crippen LogP contribution is -2.14. The molecule has 0 unspecified atom stereocenters. The van der Waals surface area contributed by atoms with Crippen LogP contribution in [-0.2, 0) is 0 Å². The van der Waals surface area contributed by atoms with E-state index in [-0.39, 0.29) is 5.47 Å². The van der Waals surface area contributed by atoms with Gasteiger partial charge in [-0.2, -0.15) is 4.39 Å². The molecule has 5 heteroatoms. The molecule has 0 aliphatic carbocycles. The summed E-state index contributed by atoms with van der Waals surface area (Å²) in [6, 6.07) is 0. The molecule has 0 bridgehead atoms. The van der Waals surface area contributed by atoms with Gasteiger partial charge in [0, 0.05) is 0 Å². The average molecular weight is 143 g/mol. The number of hydrogen-bond acceptors (Lipinski definition) is 3. The largest absolute Gasteiger partial charge is 0.488 e. The van der Waals surface area contributed by atoms with Crippen LogP contribution in [0.3, 0.4) is 0 Å². The molecule has 0 fully saturated rings. The second kappa shape index (κ2) is 3.97. The summed E-state index contributed by atoms with van der Waals surface area (Å²) in [5.74, 6) is -1.23. The second-order valence-electron chi connectivity index (χ2n) is 1.57. The molecule has 0 radical (unpaired) electrons. The maximum atomic E-state index is 11.7. The van der Waals surface area contributed by atoms with Gasteiger partial charge in [-0.1, -0.05) is 12.7 Å². The summed E-state index contributed by atoms with van der Waals surface area (Å²) in [5, 5.41) is 23.1. The van der Waals surface area contributed by atoms with Crippen LogP contribution in [0.2, 0.25) is 0 Å². The van der Waals surface area contributed by atoms with Gasteiger partial charge < -0.3 is 10.0 Å². The quantitative estimate of drug-likeness (QED) is 0.297. The minimum atomic E-state index is -1.77. The molecule has 0 aromatic rings. The Morgan fingerprint density at radius 2 is 2.10 bits per heavy atom. The summed E-state index contributed by atoms with van der Waals surface area (Å²) >= 11 is 0. The van der Waals surface area contributed by atoms with Crippen molar-refractivity contribution < 1.29 is 14.4 Å². The number of hydrogen-bond donors (Lipinski definition) is 3. The molecule has 0 spiro atoms. The minimum absolute atomic E-state index is 0.132. The van der Waals surface area contributed by atoms with Crippen molar-refractivity contribution in [2.24, 2.45) is 0 Å². The van der Waals surface area contributed by atoms with Crippen molar-refractivity contribution in [2.75, 3.05) is 0 Å². The normalized spacial score (nSPS) is 10.9. The fraction of sp³-hybridized carbons (Fsp3) is 0. The van der Waals surface area contributed by atoms with Gasteiger partial charge in [0.05, 0.1) is 0 Å². The molecule has 0 rings (SSSR count). The molecular weight excluding hydrogens is 136 g/mol. The van der Waals surface area contributed by atoms with Crippen LogP contribution in [0.5, 0.6) is 0 Å². The summed E-state index contributed by atoms with van der Waals surface area (Å²) < 4.78 is 11.7. The van der Waals surface area contributed by atoms with Gasteiger partial charge in [-0.15, -0.1) is 0 Å². The highest BCUT2D eigenvalue weighted by Gasteiger charge is 2.11. The molecule has 0 saturated carbocycles. The van der Waals surface area contributed by atoms with Crippen molar-refractivity contribution in [3.8, 4) is 0 Å². The topological polar surface area (TPSA) is 64.3 Å². The van der Waals surface area contributed by atoms with E-state index < -0.39 is 13.1 Å². The molecule has 0 aliphatic heterocycles. The lowest BCUT2D eigenvalue weighted by Gasteiger charge is -1.95. The first-order chi connectivity index (χ1) is 4.57. The number of allylic oxidation sites excluding steroid dienone is 3. The maximum absolute atomic E-state index is 11.7. The highest BCUT2D eigenvalue weighted by Crippen LogP contribution is 1.97. The molecule has 0 aromatic carbocycles. The molecule has 0 amide bonds. The summed E-state index contributed by atoms with van der Waals surface area (Å²) in [5.41, 5.74) is -0.132. The predicted octanol–water partition coefficient (Wildman–Crippen LogP) is 0.0576. The summed E-state index contributed by atoms with van der Waals surface area (Å²) in [4.78, 5) is 0. The Bertz CT molecular complexity index is 178. The van der Waals surface area contributed by atoms with E-state index in [1.165, 1.54) is 0 Å². The van der Waals surface area contributed by atoms with Crippen LogP contribution in [0.15, 0.2) is 24.2 Å². The van der Waals surface area contributed by atoms with Crippen molar-refractivity contribution in [1.82, 2.24) is 0 Å². The van der Waals surface area contributed by atoms with Crippen LogP contribution in [0.25, 0.3) is 0 Å². The zero-order chi connectivity index (χ0) is 8.15. The van der Waals surface area contributed by atoms with Gasteiger partial charge in [-0.05, 0) is 11.5 Å². The van der Waals surface area contributed by atoms with Gasteiger partial charge in [0.25, 0.3) is 0 Å². The van der Waals surface area contributed by atoms with Crippen molar-refractivity contribution in [3.63, 3.8) is 0 Å². The summed E-state index contributed by atoms with van der Waals surface area (Å²) in [7, 11) is -1.77. The minimum Gasteiger partial charge on any atom is -0.423 e. The monoisotopic (exact) mass is 143 g/mol. The van der Waals surface area contributed by atoms with E-state index in [0.717, 1.165) is 6.08 Å². The second-order valence-corrected chi connectivity index (χ2v) is 1.57. The predicted molar refractivity (Wildman–Crippen MR) is 37.3 cm³/mol. The van der Waals surface area contributed by atoms with Gasteiger partial charge in [-0.25, -0.2) is 0 Å². The molecule has 3 N–H and O–H groups in total. The SMILES string of the molecule is C=C/C(=C\C(=N)F)B(O)O. The van der Waals surface area contributed by atoms with E-state index in [9.17, 15) is 4.39 Å². The van der Waals surface area contributed by atoms with Crippen LogP contribution in [0.1, 0.15) is 0 Å². The Labute approximate surface area is 58.2 Å². The molecule has 0 aliphatic rings. The van der Waals surface area contributed by atoms with Crippen LogP contribution in [0, 0.1) is 5.41 Å². The maximum Gasteiger partial charge on any atom is 0.488 e. The highest BCUT2D eigenvalue weighted by molar-refractivity contribution is 6.52. The van der Waals surface area contributed by atoms with E-state index in [4.69, 9.17) is 15.5 Å². The molecule has 0 atom stereocenters. The zero-order valence-corrected chi connectivity index (χ0v) is 5.21. The van der Waals surface area contributed by atoms with Gasteiger partial charge in [-0.3, -0.25) is 5.41 Å². The lowest BCUT2D eigenvalue weighted by molar-refractivity contribution is 0.420. The number of rotatable bonds is 3. The zero-order valence-electron chi connectivity index (χ0n) is 5.21. The molecule has 0 aromatic heterocycles. The third-order valence-corrected chi connectivity index (χ3v) is 0.827. The Hall–Kier alpha value is -0.935. The van der Waals surface area contributed by atoms with Crippen molar-refractivity contribution in [2.45, 2.75) is 0 Å². The van der Waals surface area contributed by atoms with E-state index in [2.05, 4.69) is 6.58 Å². The molecule has 0 heterocycles. The number of halogens is 1. The van der Waals surface area contributed by atoms with Crippen LogP contribution >= 0.6 is 0 Å². The highest BCUT2D eigenvalue weighted by atomic mass is 19.1. The van der Waals surface area contributed by atoms with Gasteiger partial charge in [0.2, 0.25) is 5.97 Å². The number of nitrogens with one attached hydrogen (secondary N) is 1. The fourth-order valence-corrected chi connectivity index (χ4v) is 0.385. The van der Waals surface area contributed by atoms with Crippen LogP contribution in [-0.4, -0.2) is 23.1 Å². The Kier molecular flexibility index (Phi) is 3.60. The smallest absolute Gasteiger partial charge is 0.423 e. The standard InChI is InChI=1S/C5H7BFNO2/c1-2-4(6(9)10)3-5(7)8/h2-3,8-10H,1H2/b4-3+,8-5?. The van der Waals surface area contributed by atoms with Crippen molar-refractivity contribution in [1.29, 1.82) is 5.41 Å². The van der Waals surface area contributed by atoms with E-state index in [1.54, 1.807) is 0 Å². The van der Waals surface area contributed by atoms with E-state index in [0.29, 0.717) is 6.08 Å². The van der Waals surface area contributed by atoms with Gasteiger partial charge in [0.1, 0.15) is 0 Å².